The van der Waals surface area contributed by atoms with E-state index in [1.807, 2.05) is 6.92 Å². The molecule has 1 heterocycles. The molecule has 0 fully saturated rings. The molecule has 0 radical (unpaired) electrons. The van der Waals surface area contributed by atoms with Gasteiger partial charge >= 0.3 is 0 Å². The number of hydrogen-bond donors (Lipinski definition) is 0. The molecule has 0 spiro atoms. The van der Waals surface area contributed by atoms with Crippen molar-refractivity contribution in [3.8, 4) is 0 Å². The van der Waals surface area contributed by atoms with E-state index < -0.39 is 10.0 Å². The second kappa shape index (κ2) is 6.78. The van der Waals surface area contributed by atoms with Gasteiger partial charge in [0.2, 0.25) is 10.0 Å². The maximum Gasteiger partial charge on any atom is 0.214 e. The number of sulfonamides is 1. The van der Waals surface area contributed by atoms with Crippen LogP contribution in [0.5, 0.6) is 0 Å². The Hall–Kier alpha value is -0.850. The van der Waals surface area contributed by atoms with E-state index in [4.69, 9.17) is 9.15 Å². The Morgan fingerprint density at radius 2 is 2.24 bits per heavy atom. The molecule has 1 aromatic heterocycles. The molecule has 1 rings (SSSR count). The molecule has 1 aromatic rings. The predicted octanol–water partition coefficient (Wildman–Crippen LogP) is 1.47. The average molecular weight is 261 g/mol. The third-order valence-electron chi connectivity index (χ3n) is 2.34. The first-order valence-corrected chi connectivity index (χ1v) is 7.19. The van der Waals surface area contributed by atoms with Crippen molar-refractivity contribution >= 4 is 10.0 Å². The van der Waals surface area contributed by atoms with Crippen molar-refractivity contribution in [2.75, 3.05) is 26.0 Å². The molecule has 17 heavy (non-hydrogen) atoms. The number of methoxy groups -OCH3 is 1. The second-order valence-corrected chi connectivity index (χ2v) is 5.86. The first-order valence-electron chi connectivity index (χ1n) is 5.58. The molecule has 0 aliphatic rings. The average Bonchev–Trinajstić information content (AvgIpc) is 2.76. The summed E-state index contributed by atoms with van der Waals surface area (Å²) in [4.78, 5) is 0. The Balaban J connectivity index is 2.73. The molecule has 0 saturated heterocycles. The van der Waals surface area contributed by atoms with Gasteiger partial charge in [0.25, 0.3) is 0 Å². The maximum atomic E-state index is 12.0. The van der Waals surface area contributed by atoms with Crippen LogP contribution in [-0.4, -0.2) is 38.7 Å². The van der Waals surface area contributed by atoms with Gasteiger partial charge in [-0.1, -0.05) is 6.92 Å². The van der Waals surface area contributed by atoms with Gasteiger partial charge in [0.1, 0.15) is 0 Å². The summed E-state index contributed by atoms with van der Waals surface area (Å²) in [6.07, 6.45) is 3.70. The van der Waals surface area contributed by atoms with Crippen LogP contribution in [0.4, 0.5) is 0 Å². The Labute approximate surface area is 102 Å². The Kier molecular flexibility index (Phi) is 5.67. The highest BCUT2D eigenvalue weighted by Crippen LogP contribution is 2.11. The minimum Gasteiger partial charge on any atom is -0.472 e. The minimum atomic E-state index is -3.21. The largest absolute Gasteiger partial charge is 0.472 e. The third kappa shape index (κ3) is 4.49. The number of furan rings is 1. The molecule has 0 aliphatic carbocycles. The smallest absolute Gasteiger partial charge is 0.214 e. The van der Waals surface area contributed by atoms with Crippen LogP contribution in [0.25, 0.3) is 0 Å². The zero-order valence-corrected chi connectivity index (χ0v) is 11.1. The van der Waals surface area contributed by atoms with E-state index in [1.165, 1.54) is 10.6 Å². The second-order valence-electron chi connectivity index (χ2n) is 3.77. The molecule has 0 bridgehead atoms. The van der Waals surface area contributed by atoms with Crippen LogP contribution in [-0.2, 0) is 21.3 Å². The summed E-state index contributed by atoms with van der Waals surface area (Å²) in [6.45, 7) is 2.94. The van der Waals surface area contributed by atoms with Crippen LogP contribution in [0.3, 0.4) is 0 Å². The van der Waals surface area contributed by atoms with Crippen LogP contribution in [0.1, 0.15) is 18.9 Å². The van der Waals surface area contributed by atoms with Gasteiger partial charge in [-0.2, -0.15) is 4.31 Å². The van der Waals surface area contributed by atoms with Crippen molar-refractivity contribution in [1.82, 2.24) is 4.31 Å². The summed E-state index contributed by atoms with van der Waals surface area (Å²) in [6, 6.07) is 1.77. The van der Waals surface area contributed by atoms with E-state index in [9.17, 15) is 8.42 Å². The van der Waals surface area contributed by atoms with Crippen LogP contribution in [0.2, 0.25) is 0 Å². The fraction of sp³-hybridized carbons (Fsp3) is 0.636. The number of hydrogen-bond acceptors (Lipinski definition) is 4. The van der Waals surface area contributed by atoms with Gasteiger partial charge in [0.05, 0.1) is 24.9 Å². The van der Waals surface area contributed by atoms with Crippen LogP contribution >= 0.6 is 0 Å². The number of rotatable bonds is 8. The lowest BCUT2D eigenvalue weighted by Gasteiger charge is -2.20. The molecular weight excluding hydrogens is 242 g/mol. The van der Waals surface area contributed by atoms with Crippen molar-refractivity contribution in [3.05, 3.63) is 24.2 Å². The monoisotopic (exact) mass is 261 g/mol. The summed E-state index contributed by atoms with van der Waals surface area (Å²) in [7, 11) is -1.65. The van der Waals surface area contributed by atoms with Gasteiger partial charge in [-0.15, -0.1) is 0 Å². The molecule has 0 saturated carbocycles. The SMILES string of the molecule is CCCS(=O)(=O)N(CCOC)Cc1ccoc1. The zero-order valence-electron chi connectivity index (χ0n) is 10.3. The zero-order chi connectivity index (χ0) is 12.7. The molecule has 0 atom stereocenters. The molecule has 0 amide bonds. The van der Waals surface area contributed by atoms with Gasteiger partial charge in [-0.25, -0.2) is 8.42 Å². The lowest BCUT2D eigenvalue weighted by atomic mass is 10.3. The molecule has 0 aliphatic heterocycles. The summed E-state index contributed by atoms with van der Waals surface area (Å²) < 4.78 is 35.3. The van der Waals surface area contributed by atoms with Crippen LogP contribution in [0, 0.1) is 0 Å². The molecule has 6 heteroatoms. The van der Waals surface area contributed by atoms with E-state index in [0.29, 0.717) is 26.1 Å². The van der Waals surface area contributed by atoms with Gasteiger partial charge in [-0.3, -0.25) is 0 Å². The molecule has 0 unspecified atom stereocenters. The van der Waals surface area contributed by atoms with Gasteiger partial charge < -0.3 is 9.15 Å². The number of ether oxygens (including phenoxy) is 1. The first kappa shape index (κ1) is 14.2. The third-order valence-corrected chi connectivity index (χ3v) is 4.36. The van der Waals surface area contributed by atoms with E-state index >= 15 is 0 Å². The van der Waals surface area contributed by atoms with E-state index in [-0.39, 0.29) is 5.75 Å². The van der Waals surface area contributed by atoms with E-state index in [0.717, 1.165) is 5.56 Å². The van der Waals surface area contributed by atoms with E-state index in [1.54, 1.807) is 19.4 Å². The molecule has 5 nitrogen and oxygen atoms in total. The van der Waals surface area contributed by atoms with Gasteiger partial charge in [0.15, 0.2) is 0 Å². The highest BCUT2D eigenvalue weighted by Gasteiger charge is 2.21. The lowest BCUT2D eigenvalue weighted by molar-refractivity contribution is 0.177. The number of nitrogens with zero attached hydrogens (tertiary/aromatic N) is 1. The van der Waals surface area contributed by atoms with Crippen molar-refractivity contribution in [2.45, 2.75) is 19.9 Å². The van der Waals surface area contributed by atoms with Gasteiger partial charge in [0, 0.05) is 25.8 Å². The van der Waals surface area contributed by atoms with Crippen LogP contribution < -0.4 is 0 Å². The topological polar surface area (TPSA) is 59.8 Å². The quantitative estimate of drug-likeness (QED) is 0.711. The predicted molar refractivity (Wildman–Crippen MR) is 65.1 cm³/mol. The maximum absolute atomic E-state index is 12.0. The van der Waals surface area contributed by atoms with Crippen molar-refractivity contribution in [1.29, 1.82) is 0 Å². The summed E-state index contributed by atoms with van der Waals surface area (Å²) in [5, 5.41) is 0. The molecular formula is C11H19NO4S. The summed E-state index contributed by atoms with van der Waals surface area (Å²) in [5.41, 5.74) is 0.848. The fourth-order valence-electron chi connectivity index (χ4n) is 1.48. The van der Waals surface area contributed by atoms with Crippen molar-refractivity contribution in [2.24, 2.45) is 0 Å². The van der Waals surface area contributed by atoms with E-state index in [2.05, 4.69) is 0 Å². The fourth-order valence-corrected chi connectivity index (χ4v) is 2.96. The Morgan fingerprint density at radius 3 is 2.76 bits per heavy atom. The van der Waals surface area contributed by atoms with Crippen molar-refractivity contribution in [3.63, 3.8) is 0 Å². The summed E-state index contributed by atoms with van der Waals surface area (Å²) >= 11 is 0. The van der Waals surface area contributed by atoms with Crippen molar-refractivity contribution < 1.29 is 17.6 Å². The molecule has 98 valence electrons. The standard InChI is InChI=1S/C11H19NO4S/c1-3-8-17(13,14)12(5-7-15-2)9-11-4-6-16-10-11/h4,6,10H,3,5,7-9H2,1-2H3. The first-order chi connectivity index (χ1) is 8.10. The normalized spacial score (nSPS) is 12.2. The Morgan fingerprint density at radius 1 is 1.47 bits per heavy atom. The highest BCUT2D eigenvalue weighted by molar-refractivity contribution is 7.89. The summed E-state index contributed by atoms with van der Waals surface area (Å²) in [5.74, 6) is 0.161. The van der Waals surface area contributed by atoms with Gasteiger partial charge in [-0.05, 0) is 12.5 Å². The van der Waals surface area contributed by atoms with Crippen LogP contribution in [0.15, 0.2) is 23.0 Å². The molecule has 0 N–H and O–H groups in total. The Bertz CT molecular complexity index is 399. The minimum absolute atomic E-state index is 0.161. The lowest BCUT2D eigenvalue weighted by Crippen LogP contribution is -2.35. The molecule has 0 aromatic carbocycles. The highest BCUT2D eigenvalue weighted by atomic mass is 32.2.